The van der Waals surface area contributed by atoms with Gasteiger partial charge in [-0.3, -0.25) is 9.69 Å². The summed E-state index contributed by atoms with van der Waals surface area (Å²) in [6.45, 7) is 8.15. The molecule has 1 aromatic carbocycles. The van der Waals surface area contributed by atoms with Crippen molar-refractivity contribution in [3.8, 4) is 0 Å². The molecule has 7 heteroatoms. The smallest absolute Gasteiger partial charge is 0.242 e. The highest BCUT2D eigenvalue weighted by Gasteiger charge is 2.29. The molecule has 2 aliphatic heterocycles. The maximum absolute atomic E-state index is 12.8. The van der Waals surface area contributed by atoms with E-state index in [2.05, 4.69) is 34.7 Å². The molecule has 2 aliphatic rings. The molecule has 2 aromatic rings. The lowest BCUT2D eigenvalue weighted by atomic mass is 10.0. The minimum atomic E-state index is -0.329. The number of carbonyl (C=O) groups excluding carboxylic acids is 1. The monoisotopic (exact) mass is 354 g/mol. The number of anilines is 1. The van der Waals surface area contributed by atoms with Crippen molar-refractivity contribution in [1.82, 2.24) is 25.5 Å². The molecule has 0 saturated carbocycles. The van der Waals surface area contributed by atoms with Gasteiger partial charge in [0.1, 0.15) is 17.7 Å². The number of aromatic nitrogens is 2. The highest BCUT2D eigenvalue weighted by Crippen LogP contribution is 2.23. The zero-order valence-corrected chi connectivity index (χ0v) is 15.3. The van der Waals surface area contributed by atoms with Gasteiger partial charge >= 0.3 is 0 Å². The van der Waals surface area contributed by atoms with Crippen molar-refractivity contribution in [3.05, 3.63) is 30.1 Å². The molecule has 1 aromatic heterocycles. The Labute approximate surface area is 153 Å². The van der Waals surface area contributed by atoms with Crippen LogP contribution < -0.4 is 16.0 Å². The lowest BCUT2D eigenvalue weighted by Crippen LogP contribution is -2.56. The molecule has 1 saturated heterocycles. The van der Waals surface area contributed by atoms with E-state index in [0.717, 1.165) is 42.2 Å². The van der Waals surface area contributed by atoms with Crippen molar-refractivity contribution >= 4 is 22.6 Å². The molecule has 3 N–H and O–H groups in total. The van der Waals surface area contributed by atoms with Crippen LogP contribution in [-0.2, 0) is 11.3 Å². The van der Waals surface area contributed by atoms with E-state index < -0.39 is 0 Å². The minimum Gasteiger partial charge on any atom is -0.358 e. The fourth-order valence-electron chi connectivity index (χ4n) is 3.71. The Hall–Kier alpha value is -2.25. The molecule has 1 unspecified atom stereocenters. The first-order valence-electron chi connectivity index (χ1n) is 9.36. The van der Waals surface area contributed by atoms with Gasteiger partial charge in [-0.15, -0.1) is 0 Å². The second-order valence-electron chi connectivity index (χ2n) is 7.45. The largest absolute Gasteiger partial charge is 0.358 e. The fourth-order valence-corrected chi connectivity index (χ4v) is 3.71. The molecular formula is C19H26N6O. The van der Waals surface area contributed by atoms with Crippen LogP contribution in [0.4, 0.5) is 5.82 Å². The molecule has 138 valence electrons. The van der Waals surface area contributed by atoms with E-state index in [0.29, 0.717) is 13.1 Å². The normalized spacial score (nSPS) is 24.5. The van der Waals surface area contributed by atoms with E-state index in [9.17, 15) is 4.79 Å². The number of nitrogens with zero attached hydrogens (tertiary/aromatic N) is 3. The zero-order valence-electron chi connectivity index (χ0n) is 15.3. The van der Waals surface area contributed by atoms with Crippen LogP contribution in [0, 0.1) is 5.92 Å². The van der Waals surface area contributed by atoms with Gasteiger partial charge in [-0.2, -0.15) is 0 Å². The molecule has 7 nitrogen and oxygen atoms in total. The predicted octanol–water partition coefficient (Wildman–Crippen LogP) is 0.970. The van der Waals surface area contributed by atoms with Crippen molar-refractivity contribution in [3.63, 3.8) is 0 Å². The van der Waals surface area contributed by atoms with Gasteiger partial charge in [-0.25, -0.2) is 9.97 Å². The highest BCUT2D eigenvalue weighted by molar-refractivity contribution is 5.92. The molecular weight excluding hydrogens is 328 g/mol. The number of hydrogen-bond acceptors (Lipinski definition) is 6. The Balaban J connectivity index is 1.80. The molecule has 2 atom stereocenters. The van der Waals surface area contributed by atoms with E-state index in [-0.39, 0.29) is 23.9 Å². The van der Waals surface area contributed by atoms with Crippen molar-refractivity contribution in [1.29, 1.82) is 0 Å². The third-order valence-electron chi connectivity index (χ3n) is 5.22. The Morgan fingerprint density at radius 2 is 2.04 bits per heavy atom. The quantitative estimate of drug-likeness (QED) is 0.708. The maximum Gasteiger partial charge on any atom is 0.242 e. The molecule has 0 aliphatic carbocycles. The van der Waals surface area contributed by atoms with Gasteiger partial charge < -0.3 is 16.0 Å². The summed E-state index contributed by atoms with van der Waals surface area (Å²) < 4.78 is 0. The molecule has 0 spiro atoms. The predicted molar refractivity (Wildman–Crippen MR) is 102 cm³/mol. The van der Waals surface area contributed by atoms with Gasteiger partial charge in [0.15, 0.2) is 0 Å². The first kappa shape index (κ1) is 17.2. The summed E-state index contributed by atoms with van der Waals surface area (Å²) >= 11 is 0. The number of benzene rings is 1. The summed E-state index contributed by atoms with van der Waals surface area (Å²) in [5, 5.41) is 10.9. The van der Waals surface area contributed by atoms with Crippen molar-refractivity contribution in [2.24, 2.45) is 5.92 Å². The fraction of sp³-hybridized carbons (Fsp3) is 0.526. The van der Waals surface area contributed by atoms with Crippen molar-refractivity contribution < 1.29 is 4.79 Å². The first-order chi connectivity index (χ1) is 12.6. The molecule has 0 radical (unpaired) electrons. The summed E-state index contributed by atoms with van der Waals surface area (Å²) in [5.74, 6) is 1.72. The van der Waals surface area contributed by atoms with E-state index in [4.69, 9.17) is 9.97 Å². The number of para-hydroxylation sites is 1. The number of rotatable bonds is 1. The third-order valence-corrected chi connectivity index (χ3v) is 5.22. The maximum atomic E-state index is 12.8. The number of hydrogen-bond donors (Lipinski definition) is 3. The van der Waals surface area contributed by atoms with Gasteiger partial charge in [0.2, 0.25) is 5.91 Å². The van der Waals surface area contributed by atoms with Gasteiger partial charge in [0.05, 0.1) is 12.1 Å². The summed E-state index contributed by atoms with van der Waals surface area (Å²) in [7, 11) is 0. The van der Waals surface area contributed by atoms with Crippen LogP contribution in [0.15, 0.2) is 24.3 Å². The zero-order chi connectivity index (χ0) is 18.1. The summed E-state index contributed by atoms with van der Waals surface area (Å²) in [4.78, 5) is 24.8. The van der Waals surface area contributed by atoms with Crippen LogP contribution in [0.25, 0.3) is 10.9 Å². The number of piperazine rings is 1. The van der Waals surface area contributed by atoms with Crippen molar-refractivity contribution in [2.45, 2.75) is 32.5 Å². The molecule has 3 heterocycles. The van der Waals surface area contributed by atoms with Crippen molar-refractivity contribution in [2.75, 3.05) is 31.5 Å². The SMILES string of the molecule is CC(C)[C@@H]1Nc2nc(nc3ccccc23)CN2CCNCC2CNC1=O. The second-order valence-corrected chi connectivity index (χ2v) is 7.45. The topological polar surface area (TPSA) is 82.2 Å². The lowest BCUT2D eigenvalue weighted by molar-refractivity contribution is -0.122. The summed E-state index contributed by atoms with van der Waals surface area (Å²) in [6.07, 6.45) is 0. The van der Waals surface area contributed by atoms with Crippen LogP contribution in [0.1, 0.15) is 19.7 Å². The number of fused-ring (bicyclic) bond motifs is 5. The second kappa shape index (κ2) is 7.17. The van der Waals surface area contributed by atoms with E-state index in [1.165, 1.54) is 0 Å². The molecule has 1 amide bonds. The molecule has 26 heavy (non-hydrogen) atoms. The summed E-state index contributed by atoms with van der Waals surface area (Å²) in [5.41, 5.74) is 0.911. The van der Waals surface area contributed by atoms with E-state index in [1.807, 2.05) is 24.3 Å². The third kappa shape index (κ3) is 3.37. The van der Waals surface area contributed by atoms with Gasteiger partial charge in [0.25, 0.3) is 0 Å². The van der Waals surface area contributed by atoms with Gasteiger partial charge in [0, 0.05) is 37.6 Å². The van der Waals surface area contributed by atoms with Crippen LogP contribution in [0.5, 0.6) is 0 Å². The summed E-state index contributed by atoms with van der Waals surface area (Å²) in [6, 6.07) is 7.89. The average Bonchev–Trinajstić information content (AvgIpc) is 2.66. The first-order valence-corrected chi connectivity index (χ1v) is 9.36. The Kier molecular flexibility index (Phi) is 4.74. The van der Waals surface area contributed by atoms with Crippen LogP contribution in [0.3, 0.4) is 0 Å². The van der Waals surface area contributed by atoms with Crippen LogP contribution >= 0.6 is 0 Å². The lowest BCUT2D eigenvalue weighted by Gasteiger charge is -2.35. The Morgan fingerprint density at radius 3 is 2.88 bits per heavy atom. The minimum absolute atomic E-state index is 0.0247. The van der Waals surface area contributed by atoms with Crippen LogP contribution in [-0.4, -0.2) is 59.0 Å². The molecule has 1 fully saturated rings. The standard InChI is InChI=1S/C19H26N6O/c1-12(2)17-19(26)21-10-13-9-20-7-8-25(13)11-16-22-15-6-4-3-5-14(15)18(23-16)24-17/h3-6,12-13,17,20H,7-11H2,1-2H3,(H,21,26)(H,22,23,24)/t13?,17-/m0/s1. The number of nitrogens with one attached hydrogen (secondary N) is 3. The van der Waals surface area contributed by atoms with Crippen LogP contribution in [0.2, 0.25) is 0 Å². The number of amides is 1. The van der Waals surface area contributed by atoms with Gasteiger partial charge in [-0.05, 0) is 18.1 Å². The molecule has 4 rings (SSSR count). The highest BCUT2D eigenvalue weighted by atomic mass is 16.2. The van der Waals surface area contributed by atoms with E-state index >= 15 is 0 Å². The van der Waals surface area contributed by atoms with Gasteiger partial charge in [-0.1, -0.05) is 26.0 Å². The molecule has 2 bridgehead atoms. The Bertz CT molecular complexity index is 808. The Morgan fingerprint density at radius 1 is 1.19 bits per heavy atom. The van der Waals surface area contributed by atoms with E-state index in [1.54, 1.807) is 0 Å². The average molecular weight is 354 g/mol. The number of carbonyl (C=O) groups is 1.